The standard InChI is InChI=1S/C12H14N9.Re/c1-6(8-9(13)16-4-3-15-8)21(2)11-7-5-17-20-10(7)18-12(14)19-11;/h3-6H,1-2H3,(H4-,13,14,16,17,18,19,20);/q-1;/t6-;/m0./s1. The first-order valence-corrected chi connectivity index (χ1v) is 6.28. The molecule has 3 heterocycles. The first-order chi connectivity index (χ1) is 10.1. The van der Waals surface area contributed by atoms with Crippen molar-refractivity contribution in [2.24, 2.45) is 0 Å². The van der Waals surface area contributed by atoms with Gasteiger partial charge in [0.1, 0.15) is 23.3 Å². The van der Waals surface area contributed by atoms with Crippen LogP contribution in [0, 0.1) is 0 Å². The number of fused-ring (bicyclic) bond motifs is 1. The summed E-state index contributed by atoms with van der Waals surface area (Å²) in [5, 5.41) is 8.48. The molecule has 22 heavy (non-hydrogen) atoms. The Morgan fingerprint density at radius 2 is 1.91 bits per heavy atom. The van der Waals surface area contributed by atoms with Crippen molar-refractivity contribution in [3.05, 3.63) is 24.3 Å². The average Bonchev–Trinajstić information content (AvgIpc) is 2.93. The third-order valence-electron chi connectivity index (χ3n) is 3.33. The molecule has 0 spiro atoms. The Labute approximate surface area is 140 Å². The van der Waals surface area contributed by atoms with E-state index < -0.39 is 0 Å². The Kier molecular flexibility index (Phi) is 4.54. The minimum Gasteiger partial charge on any atom is -0.403 e. The number of rotatable bonds is 3. The second-order valence-corrected chi connectivity index (χ2v) is 4.60. The molecule has 1 radical (unpaired) electrons. The predicted molar refractivity (Wildman–Crippen MR) is 78.3 cm³/mol. The molecule has 4 N–H and O–H groups in total. The maximum absolute atomic E-state index is 5.88. The van der Waals surface area contributed by atoms with E-state index in [1.807, 2.05) is 18.9 Å². The summed E-state index contributed by atoms with van der Waals surface area (Å²) in [6.07, 6.45) is 4.76. The molecule has 0 aliphatic heterocycles. The van der Waals surface area contributed by atoms with Crippen molar-refractivity contribution in [1.82, 2.24) is 30.1 Å². The van der Waals surface area contributed by atoms with Gasteiger partial charge in [-0.25, -0.2) is 9.97 Å². The SMILES string of the molecule is C[C@@H](c1nccnc1N)N(C)c1nc(N)nc2[n-]ncc12.[Re]. The number of aromatic nitrogens is 6. The molecule has 0 saturated carbocycles. The molecule has 3 rings (SSSR count). The van der Waals surface area contributed by atoms with Gasteiger partial charge in [0, 0.05) is 51.4 Å². The van der Waals surface area contributed by atoms with E-state index in [-0.39, 0.29) is 32.4 Å². The van der Waals surface area contributed by atoms with Crippen LogP contribution in [-0.4, -0.2) is 32.1 Å². The first kappa shape index (κ1) is 16.1. The summed E-state index contributed by atoms with van der Waals surface area (Å²) in [6, 6.07) is -0.147. The van der Waals surface area contributed by atoms with E-state index in [1.54, 1.807) is 18.6 Å². The van der Waals surface area contributed by atoms with E-state index in [2.05, 4.69) is 30.1 Å². The summed E-state index contributed by atoms with van der Waals surface area (Å²) in [5.41, 5.74) is 12.7. The molecular weight excluding hydrogens is 456 g/mol. The summed E-state index contributed by atoms with van der Waals surface area (Å²) in [4.78, 5) is 18.5. The summed E-state index contributed by atoms with van der Waals surface area (Å²) < 4.78 is 0. The Balaban J connectivity index is 0.00000176. The molecule has 0 amide bonds. The van der Waals surface area contributed by atoms with Gasteiger partial charge in [-0.1, -0.05) is 0 Å². The average molecular weight is 471 g/mol. The third kappa shape index (κ3) is 2.70. The van der Waals surface area contributed by atoms with Crippen LogP contribution in [0.25, 0.3) is 11.0 Å². The van der Waals surface area contributed by atoms with Gasteiger partial charge in [0.2, 0.25) is 0 Å². The molecule has 0 bridgehead atoms. The Morgan fingerprint density at radius 3 is 2.64 bits per heavy atom. The van der Waals surface area contributed by atoms with Crippen LogP contribution in [0.3, 0.4) is 0 Å². The second kappa shape index (κ2) is 6.21. The van der Waals surface area contributed by atoms with Gasteiger partial charge in [0.05, 0.1) is 6.04 Å². The fourth-order valence-electron chi connectivity index (χ4n) is 2.11. The van der Waals surface area contributed by atoms with Crippen LogP contribution in [0.1, 0.15) is 18.7 Å². The largest absolute Gasteiger partial charge is 0.403 e. The summed E-state index contributed by atoms with van der Waals surface area (Å²) in [7, 11) is 1.87. The van der Waals surface area contributed by atoms with Crippen LogP contribution in [0.4, 0.5) is 17.6 Å². The van der Waals surface area contributed by atoms with Gasteiger partial charge in [-0.3, -0.25) is 10.1 Å². The number of hydrogen-bond acceptors (Lipinski definition) is 8. The van der Waals surface area contributed by atoms with Gasteiger partial charge in [-0.15, -0.1) is 0 Å². The molecule has 0 saturated heterocycles. The molecule has 0 aliphatic rings. The summed E-state index contributed by atoms with van der Waals surface area (Å²) in [6.45, 7) is 1.95. The summed E-state index contributed by atoms with van der Waals surface area (Å²) in [5.74, 6) is 1.15. The smallest absolute Gasteiger partial charge is 0.147 e. The van der Waals surface area contributed by atoms with Crippen molar-refractivity contribution in [2.75, 3.05) is 23.4 Å². The molecule has 0 aromatic carbocycles. The fraction of sp³-hybridized carbons (Fsp3) is 0.250. The Hall–Kier alpha value is -2.31. The topological polar surface area (TPSA) is 134 Å². The molecule has 1 atom stereocenters. The van der Waals surface area contributed by atoms with Crippen LogP contribution >= 0.6 is 0 Å². The first-order valence-electron chi connectivity index (χ1n) is 6.28. The molecule has 3 aromatic heterocycles. The number of hydrogen-bond donors (Lipinski definition) is 2. The van der Waals surface area contributed by atoms with E-state index in [1.165, 1.54) is 0 Å². The van der Waals surface area contributed by atoms with Crippen molar-refractivity contribution in [2.45, 2.75) is 13.0 Å². The zero-order valence-corrected chi connectivity index (χ0v) is 14.7. The molecule has 3 aromatic rings. The zero-order valence-electron chi connectivity index (χ0n) is 12.0. The van der Waals surface area contributed by atoms with Crippen molar-refractivity contribution in [1.29, 1.82) is 0 Å². The van der Waals surface area contributed by atoms with Crippen LogP contribution in [-0.2, 0) is 20.4 Å². The molecular formula is C12H14N9Re-. The number of nitrogen functional groups attached to an aromatic ring is 2. The number of nitrogens with two attached hydrogens (primary N) is 2. The van der Waals surface area contributed by atoms with Crippen LogP contribution in [0.2, 0.25) is 0 Å². The monoisotopic (exact) mass is 471 g/mol. The van der Waals surface area contributed by atoms with Gasteiger partial charge in [0.25, 0.3) is 0 Å². The van der Waals surface area contributed by atoms with Gasteiger partial charge < -0.3 is 26.4 Å². The van der Waals surface area contributed by atoms with E-state index in [9.17, 15) is 0 Å². The molecule has 0 aliphatic carbocycles. The zero-order chi connectivity index (χ0) is 15.0. The molecule has 0 fully saturated rings. The Bertz CT molecular complexity index is 787. The molecule has 9 nitrogen and oxygen atoms in total. The van der Waals surface area contributed by atoms with Crippen molar-refractivity contribution >= 4 is 28.6 Å². The number of nitrogens with zero attached hydrogens (tertiary/aromatic N) is 7. The van der Waals surface area contributed by atoms with Gasteiger partial charge in [-0.05, 0) is 12.6 Å². The van der Waals surface area contributed by atoms with Crippen LogP contribution in [0.15, 0.2) is 18.6 Å². The minimum absolute atomic E-state index is 0. The summed E-state index contributed by atoms with van der Waals surface area (Å²) >= 11 is 0. The van der Waals surface area contributed by atoms with Crippen molar-refractivity contribution in [3.63, 3.8) is 0 Å². The van der Waals surface area contributed by atoms with Gasteiger partial charge >= 0.3 is 0 Å². The molecule has 0 unspecified atom stereocenters. The quantitative estimate of drug-likeness (QED) is 0.548. The van der Waals surface area contributed by atoms with E-state index in [0.29, 0.717) is 23.0 Å². The van der Waals surface area contributed by atoms with Crippen LogP contribution in [0.5, 0.6) is 0 Å². The Morgan fingerprint density at radius 1 is 1.18 bits per heavy atom. The van der Waals surface area contributed by atoms with E-state index in [4.69, 9.17) is 11.5 Å². The molecule has 10 heteroatoms. The normalized spacial score (nSPS) is 11.9. The number of anilines is 3. The molecule has 115 valence electrons. The van der Waals surface area contributed by atoms with E-state index >= 15 is 0 Å². The van der Waals surface area contributed by atoms with Gasteiger partial charge in [0.15, 0.2) is 0 Å². The predicted octanol–water partition coefficient (Wildman–Crippen LogP) is 0.131. The maximum atomic E-state index is 5.88. The van der Waals surface area contributed by atoms with Crippen molar-refractivity contribution < 1.29 is 20.4 Å². The fourth-order valence-corrected chi connectivity index (χ4v) is 2.11. The third-order valence-corrected chi connectivity index (χ3v) is 3.33. The maximum Gasteiger partial charge on any atom is 0.147 e. The minimum atomic E-state index is -0.147. The second-order valence-electron chi connectivity index (χ2n) is 4.60. The van der Waals surface area contributed by atoms with Crippen LogP contribution < -0.4 is 21.5 Å². The van der Waals surface area contributed by atoms with E-state index in [0.717, 1.165) is 5.39 Å². The van der Waals surface area contributed by atoms with Gasteiger partial charge in [-0.2, -0.15) is 0 Å². The van der Waals surface area contributed by atoms with Crippen molar-refractivity contribution in [3.8, 4) is 0 Å².